The molecule has 0 spiro atoms. The van der Waals surface area contributed by atoms with Gasteiger partial charge in [0.1, 0.15) is 60.4 Å². The summed E-state index contributed by atoms with van der Waals surface area (Å²) in [5, 5.41) is 57.2. The molecule has 26 nitrogen and oxygen atoms in total. The molecular formula is C62H111N11O15. The molecule has 1 aliphatic rings. The first kappa shape index (κ1) is 79.8. The summed E-state index contributed by atoms with van der Waals surface area (Å²) in [6.07, 6.45) is -0.309. The van der Waals surface area contributed by atoms with Gasteiger partial charge in [-0.25, -0.2) is 0 Å². The predicted octanol–water partition coefficient (Wildman–Crippen LogP) is 0.375. The third-order valence-corrected chi connectivity index (χ3v) is 15.8. The summed E-state index contributed by atoms with van der Waals surface area (Å²) >= 11 is 0. The number of carbonyl (C=O) groups excluding carboxylic acids is 11. The van der Waals surface area contributed by atoms with Gasteiger partial charge in [0.15, 0.2) is 0 Å². The fraction of sp³-hybridized carbons (Fsp3) is 0.790. The number of rotatable bonds is 17. The molecule has 13 atom stereocenters. The van der Waals surface area contributed by atoms with E-state index in [9.17, 15) is 68.4 Å². The van der Waals surface area contributed by atoms with E-state index in [1.807, 2.05) is 41.5 Å². The lowest BCUT2D eigenvalue weighted by Gasteiger charge is -2.40. The lowest BCUT2D eigenvalue weighted by molar-refractivity contribution is -0.155. The lowest BCUT2D eigenvalue weighted by atomic mass is 9.91. The van der Waals surface area contributed by atoms with E-state index in [4.69, 9.17) is 0 Å². The first-order valence-corrected chi connectivity index (χ1v) is 30.9. The van der Waals surface area contributed by atoms with Gasteiger partial charge in [-0.3, -0.25) is 52.7 Å². The summed E-state index contributed by atoms with van der Waals surface area (Å²) in [4.78, 5) is 166. The van der Waals surface area contributed by atoms with Gasteiger partial charge >= 0.3 is 0 Å². The molecule has 0 aliphatic carbocycles. The number of likely N-dealkylation sites (N-methyl/N-ethyl adjacent to an activating group) is 6. The zero-order valence-electron chi connectivity index (χ0n) is 56.7. The molecule has 0 radical (unpaired) electrons. The minimum Gasteiger partial charge on any atom is -0.392 e. The van der Waals surface area contributed by atoms with Crippen LogP contribution in [0.1, 0.15) is 149 Å². The molecule has 504 valence electrons. The average Bonchev–Trinajstić information content (AvgIpc) is 3.59. The molecule has 1 fully saturated rings. The van der Waals surface area contributed by atoms with Gasteiger partial charge in [0.2, 0.25) is 65.0 Å². The molecule has 0 aromatic rings. The number of amides is 11. The molecule has 1 saturated heterocycles. The Morgan fingerprint density at radius 3 is 1.35 bits per heavy atom. The van der Waals surface area contributed by atoms with Crippen LogP contribution in [0.3, 0.4) is 0 Å². The second-order valence-corrected chi connectivity index (χ2v) is 26.9. The number of nitrogens with zero attached hydrogens (tertiary/aromatic N) is 6. The summed E-state index contributed by atoms with van der Waals surface area (Å²) in [7, 11) is 7.84. The van der Waals surface area contributed by atoms with Crippen LogP contribution in [0.5, 0.6) is 0 Å². The molecular weight excluding hydrogens is 1140 g/mol. The number of aliphatic hydroxyl groups excluding tert-OH is 3. The van der Waals surface area contributed by atoms with E-state index in [-0.39, 0.29) is 68.8 Å². The highest BCUT2D eigenvalue weighted by atomic mass is 16.3. The molecule has 9 N–H and O–H groups in total. The van der Waals surface area contributed by atoms with Gasteiger partial charge in [-0.2, -0.15) is 0 Å². The summed E-state index contributed by atoms with van der Waals surface area (Å²) in [6.45, 7) is 25.2. The topological polar surface area (TPSA) is 348 Å². The van der Waals surface area contributed by atoms with Crippen molar-refractivity contribution in [1.29, 1.82) is 0 Å². The molecule has 1 aliphatic heterocycles. The second kappa shape index (κ2) is 35.8. The van der Waals surface area contributed by atoms with Crippen LogP contribution >= 0.6 is 0 Å². The van der Waals surface area contributed by atoms with Gasteiger partial charge in [-0.15, -0.1) is 0 Å². The summed E-state index contributed by atoms with van der Waals surface area (Å²) in [5.41, 5.74) is -1.59. The summed E-state index contributed by atoms with van der Waals surface area (Å²) < 4.78 is 0. The van der Waals surface area contributed by atoms with E-state index in [1.165, 1.54) is 87.9 Å². The Kier molecular flexibility index (Phi) is 32.5. The quantitative estimate of drug-likeness (QED) is 0.0889. The lowest BCUT2D eigenvalue weighted by Crippen LogP contribution is -2.64. The number of carbonyl (C=O) groups is 11. The van der Waals surface area contributed by atoms with Crippen LogP contribution in [0, 0.1) is 35.5 Å². The van der Waals surface area contributed by atoms with Crippen molar-refractivity contribution < 1.29 is 73.2 Å². The highest BCUT2D eigenvalue weighted by Gasteiger charge is 2.45. The van der Waals surface area contributed by atoms with Crippen molar-refractivity contribution in [3.8, 4) is 0 Å². The number of nitrogens with one attached hydrogen (secondary N) is 5. The predicted molar refractivity (Wildman–Crippen MR) is 333 cm³/mol. The van der Waals surface area contributed by atoms with E-state index < -0.39 is 162 Å². The Hall–Kier alpha value is -6.25. The van der Waals surface area contributed by atoms with Crippen molar-refractivity contribution in [3.05, 3.63) is 12.2 Å². The van der Waals surface area contributed by atoms with Crippen molar-refractivity contribution in [3.63, 3.8) is 0 Å². The zero-order chi connectivity index (χ0) is 68.3. The van der Waals surface area contributed by atoms with Crippen molar-refractivity contribution in [2.45, 2.75) is 228 Å². The second-order valence-electron chi connectivity index (χ2n) is 26.9. The van der Waals surface area contributed by atoms with Gasteiger partial charge in [0.05, 0.1) is 31.0 Å². The Labute approximate surface area is 523 Å². The molecule has 0 bridgehead atoms. The molecule has 88 heavy (non-hydrogen) atoms. The first-order chi connectivity index (χ1) is 40.4. The third-order valence-electron chi connectivity index (χ3n) is 15.8. The van der Waals surface area contributed by atoms with Crippen LogP contribution in [-0.2, 0) is 52.7 Å². The van der Waals surface area contributed by atoms with Crippen LogP contribution in [-0.4, -0.2) is 248 Å². The van der Waals surface area contributed by atoms with Crippen molar-refractivity contribution >= 4 is 65.0 Å². The van der Waals surface area contributed by atoms with Crippen LogP contribution in [0.4, 0.5) is 0 Å². The van der Waals surface area contributed by atoms with E-state index in [0.29, 0.717) is 0 Å². The summed E-state index contributed by atoms with van der Waals surface area (Å²) in [6, 6.07) is -14.1. The van der Waals surface area contributed by atoms with Gasteiger partial charge in [-0.05, 0) is 102 Å². The maximum Gasteiger partial charge on any atom is 0.248 e. The Morgan fingerprint density at radius 1 is 0.489 bits per heavy atom. The van der Waals surface area contributed by atoms with Crippen LogP contribution < -0.4 is 26.6 Å². The van der Waals surface area contributed by atoms with E-state index >= 15 is 4.79 Å². The fourth-order valence-electron chi connectivity index (χ4n) is 10.7. The molecule has 1 rings (SSSR count). The highest BCUT2D eigenvalue weighted by Crippen LogP contribution is 2.25. The van der Waals surface area contributed by atoms with Crippen LogP contribution in [0.2, 0.25) is 0 Å². The van der Waals surface area contributed by atoms with E-state index in [2.05, 4.69) is 26.6 Å². The van der Waals surface area contributed by atoms with Gasteiger partial charge in [-0.1, -0.05) is 88.3 Å². The van der Waals surface area contributed by atoms with E-state index in [0.717, 1.165) is 24.5 Å². The first-order valence-electron chi connectivity index (χ1n) is 30.9. The Morgan fingerprint density at radius 2 is 0.909 bits per heavy atom. The SMILES string of the molecule is CC(C)C[C@@H]1NC(=O)[C@H](CC(C)(C)O)N(C)C(=O)[C@@H](C)NC(=O)[C@H](C)NC(=O)[C@H](CC(C)C)N(C)C(=O)[C@H](CC(C)C)NC(=O)[C@H](CC(C)C)N(C)C(=O)CN(C)C(=O)[C@H]([C@@H](C)O)NC(=O)[C@H]([C@H](O)[C@H](C)CC=CCO)N(C)C(=O)[C@H](C(C)C)N(C)C1=O. The summed E-state index contributed by atoms with van der Waals surface area (Å²) in [5.74, 6) is -11.3. The van der Waals surface area contributed by atoms with Crippen LogP contribution in [0.15, 0.2) is 12.2 Å². The zero-order valence-corrected chi connectivity index (χ0v) is 56.7. The van der Waals surface area contributed by atoms with Crippen LogP contribution in [0.25, 0.3) is 0 Å². The van der Waals surface area contributed by atoms with Gasteiger partial charge < -0.3 is 76.4 Å². The minimum atomic E-state index is -1.82. The molecule has 0 aromatic heterocycles. The highest BCUT2D eigenvalue weighted by molar-refractivity contribution is 5.99. The van der Waals surface area contributed by atoms with Crippen molar-refractivity contribution in [2.24, 2.45) is 35.5 Å². The third kappa shape index (κ3) is 23.9. The molecule has 0 aromatic carbocycles. The molecule has 0 saturated carbocycles. The molecule has 1 heterocycles. The fourth-order valence-corrected chi connectivity index (χ4v) is 10.7. The van der Waals surface area contributed by atoms with Gasteiger partial charge in [0.25, 0.3) is 0 Å². The smallest absolute Gasteiger partial charge is 0.248 e. The van der Waals surface area contributed by atoms with Crippen molar-refractivity contribution in [2.75, 3.05) is 55.4 Å². The maximum atomic E-state index is 15.1. The average molecular weight is 1250 g/mol. The normalized spacial score (nSPS) is 26.8. The van der Waals surface area contributed by atoms with E-state index in [1.54, 1.807) is 40.7 Å². The maximum absolute atomic E-state index is 15.1. The minimum absolute atomic E-state index is 0.00841. The monoisotopic (exact) mass is 1250 g/mol. The number of hydrogen-bond donors (Lipinski definition) is 9. The number of hydrogen-bond acceptors (Lipinski definition) is 15. The Bertz CT molecular complexity index is 2410. The molecule has 26 heteroatoms. The number of aliphatic hydroxyl groups is 4. The number of allylic oxidation sites excluding steroid dienone is 1. The standard InChI is InChI=1S/C62H111N11O15/c1-33(2)27-42-58(84)70(19)45(30-36(7)8)53(79)63-39(12)52(78)64-40(13)57(83)71(20)46(31-62(15,16)88)55(81)66-43(28-34(3)4)59(85)72(21)49(37(9)10)61(87)73(22)50(51(77)38(11)25-23-24-26-74)56(82)67-48(41(14)75)60(86)68(17)32-47(76)69(18)44(29-35(5)6)54(80)65-42/h23-24,33-46,48-51,74-75,77,88H,25-32H2,1-22H3,(H,63,79)(H,64,78)(H,65,80)(H,66,81)(H,67,82)/t38-,39+,40-,41-,42+,43+,44+,45+,46+,48+,49+,50+,51-/m1/s1. The van der Waals surface area contributed by atoms with Crippen molar-refractivity contribution in [1.82, 2.24) is 56.0 Å². The van der Waals surface area contributed by atoms with Gasteiger partial charge in [0, 0.05) is 48.7 Å². The molecule has 0 unspecified atom stereocenters. The molecule has 11 amide bonds. The Balaban J connectivity index is 4.38. The largest absolute Gasteiger partial charge is 0.392 e.